The van der Waals surface area contributed by atoms with Crippen LogP contribution in [0.15, 0.2) is 54.9 Å². The summed E-state index contributed by atoms with van der Waals surface area (Å²) in [5, 5.41) is 6.60. The molecule has 0 saturated heterocycles. The first kappa shape index (κ1) is 16.9. The maximum atomic E-state index is 4.63. The van der Waals surface area contributed by atoms with Gasteiger partial charge in [0.25, 0.3) is 0 Å². The number of nitrogens with one attached hydrogen (secondary N) is 2. The van der Waals surface area contributed by atoms with Crippen LogP contribution in [0, 0.1) is 20.8 Å². The Hall–Kier alpha value is -3.54. The summed E-state index contributed by atoms with van der Waals surface area (Å²) in [7, 11) is 0. The van der Waals surface area contributed by atoms with Crippen molar-refractivity contribution in [3.63, 3.8) is 0 Å². The van der Waals surface area contributed by atoms with E-state index in [-0.39, 0.29) is 0 Å². The predicted octanol–water partition coefficient (Wildman–Crippen LogP) is 4.83. The molecule has 0 spiro atoms. The maximum Gasteiger partial charge on any atom is 0.231 e. The minimum absolute atomic E-state index is 0.471. The van der Waals surface area contributed by atoms with Crippen LogP contribution in [0.5, 0.6) is 0 Å². The van der Waals surface area contributed by atoms with E-state index in [1.807, 2.05) is 30.3 Å². The lowest BCUT2D eigenvalue weighted by Gasteiger charge is -2.12. The molecule has 0 bridgehead atoms. The molecule has 27 heavy (non-hydrogen) atoms. The van der Waals surface area contributed by atoms with Gasteiger partial charge in [0, 0.05) is 23.8 Å². The highest BCUT2D eigenvalue weighted by atomic mass is 15.2. The first-order valence-electron chi connectivity index (χ1n) is 8.75. The van der Waals surface area contributed by atoms with Gasteiger partial charge in [-0.3, -0.25) is 0 Å². The average Bonchev–Trinajstić information content (AvgIpc) is 2.67. The molecule has 0 radical (unpaired) electrons. The first-order valence-corrected chi connectivity index (χ1v) is 8.75. The van der Waals surface area contributed by atoms with Gasteiger partial charge in [0.05, 0.1) is 0 Å². The third-order valence-electron chi connectivity index (χ3n) is 4.41. The summed E-state index contributed by atoms with van der Waals surface area (Å²) in [6, 6.07) is 14.3. The van der Waals surface area contributed by atoms with Gasteiger partial charge in [-0.2, -0.15) is 9.97 Å². The highest BCUT2D eigenvalue weighted by Crippen LogP contribution is 2.25. The Kier molecular flexibility index (Phi) is 4.38. The minimum atomic E-state index is 0.471. The number of benzene rings is 2. The van der Waals surface area contributed by atoms with Gasteiger partial charge in [-0.25, -0.2) is 9.97 Å². The van der Waals surface area contributed by atoms with Gasteiger partial charge >= 0.3 is 0 Å². The zero-order valence-electron chi connectivity index (χ0n) is 15.5. The Balaban J connectivity index is 1.73. The molecule has 0 amide bonds. The predicted molar refractivity (Wildman–Crippen MR) is 109 cm³/mol. The van der Waals surface area contributed by atoms with E-state index in [1.165, 1.54) is 16.7 Å². The van der Waals surface area contributed by atoms with Gasteiger partial charge in [-0.05, 0) is 56.2 Å². The molecule has 6 nitrogen and oxygen atoms in total. The van der Waals surface area contributed by atoms with Gasteiger partial charge in [0.15, 0.2) is 17.0 Å². The Morgan fingerprint density at radius 3 is 2.22 bits per heavy atom. The Morgan fingerprint density at radius 1 is 0.704 bits per heavy atom. The molecular weight excluding hydrogens is 336 g/mol. The summed E-state index contributed by atoms with van der Waals surface area (Å²) in [6.45, 7) is 6.23. The normalized spacial score (nSPS) is 10.8. The third kappa shape index (κ3) is 3.69. The molecule has 2 aromatic carbocycles. The van der Waals surface area contributed by atoms with Crippen LogP contribution in [0.2, 0.25) is 0 Å². The second-order valence-electron chi connectivity index (χ2n) is 6.54. The van der Waals surface area contributed by atoms with E-state index >= 15 is 0 Å². The van der Waals surface area contributed by atoms with Crippen molar-refractivity contribution in [3.8, 4) is 0 Å². The van der Waals surface area contributed by atoms with Crippen LogP contribution >= 0.6 is 0 Å². The summed E-state index contributed by atoms with van der Waals surface area (Å²) >= 11 is 0. The fraction of sp³-hybridized carbons (Fsp3) is 0.143. The van der Waals surface area contributed by atoms with E-state index in [1.54, 1.807) is 12.4 Å². The number of hydrogen-bond donors (Lipinski definition) is 2. The van der Waals surface area contributed by atoms with Gasteiger partial charge in [0.1, 0.15) is 0 Å². The molecule has 0 saturated carbocycles. The highest BCUT2D eigenvalue weighted by Gasteiger charge is 2.11. The van der Waals surface area contributed by atoms with E-state index in [9.17, 15) is 0 Å². The topological polar surface area (TPSA) is 75.6 Å². The van der Waals surface area contributed by atoms with Crippen molar-refractivity contribution in [2.45, 2.75) is 20.8 Å². The molecule has 2 aromatic heterocycles. The van der Waals surface area contributed by atoms with Crippen LogP contribution in [-0.2, 0) is 0 Å². The lowest BCUT2D eigenvalue weighted by molar-refractivity contribution is 1.15. The Labute approximate surface area is 157 Å². The van der Waals surface area contributed by atoms with Crippen molar-refractivity contribution >= 4 is 34.3 Å². The van der Waals surface area contributed by atoms with Crippen molar-refractivity contribution in [1.29, 1.82) is 0 Å². The number of fused-ring (bicyclic) bond motifs is 1. The second kappa shape index (κ2) is 6.99. The zero-order valence-corrected chi connectivity index (χ0v) is 15.5. The first-order chi connectivity index (χ1) is 13.1. The molecule has 2 heterocycles. The number of aryl methyl sites for hydroxylation is 3. The van der Waals surface area contributed by atoms with Crippen molar-refractivity contribution < 1.29 is 0 Å². The molecule has 4 rings (SSSR count). The largest absolute Gasteiger partial charge is 0.338 e. The molecule has 2 N–H and O–H groups in total. The van der Waals surface area contributed by atoms with E-state index < -0.39 is 0 Å². The van der Waals surface area contributed by atoms with E-state index in [0.717, 1.165) is 11.4 Å². The van der Waals surface area contributed by atoms with Crippen LogP contribution in [0.3, 0.4) is 0 Å². The standard InChI is InChI=1S/C21H20N6/c1-13-4-7-16(8-5-13)25-21-26-19-18(22-10-11-23-19)20(27-21)24-17-9-6-14(2)15(3)12-17/h4-12H,1-3H3,(H2,23,24,25,26,27). The highest BCUT2D eigenvalue weighted by molar-refractivity contribution is 5.86. The van der Waals surface area contributed by atoms with Crippen LogP contribution in [0.4, 0.5) is 23.1 Å². The molecule has 4 aromatic rings. The third-order valence-corrected chi connectivity index (χ3v) is 4.41. The van der Waals surface area contributed by atoms with Gasteiger partial charge in [-0.1, -0.05) is 23.8 Å². The number of hydrogen-bond acceptors (Lipinski definition) is 6. The van der Waals surface area contributed by atoms with Gasteiger partial charge in [-0.15, -0.1) is 0 Å². The fourth-order valence-corrected chi connectivity index (χ4v) is 2.73. The quantitative estimate of drug-likeness (QED) is 0.545. The van der Waals surface area contributed by atoms with Crippen molar-refractivity contribution in [2.24, 2.45) is 0 Å². The van der Waals surface area contributed by atoms with Crippen LogP contribution in [0.1, 0.15) is 16.7 Å². The lowest BCUT2D eigenvalue weighted by atomic mass is 10.1. The minimum Gasteiger partial charge on any atom is -0.338 e. The SMILES string of the molecule is Cc1ccc(Nc2nc(Nc3ccc(C)c(C)c3)c3nccnc3n2)cc1. The van der Waals surface area contributed by atoms with Crippen LogP contribution in [-0.4, -0.2) is 19.9 Å². The Bertz CT molecular complexity index is 1110. The van der Waals surface area contributed by atoms with Crippen molar-refractivity contribution in [3.05, 3.63) is 71.5 Å². The summed E-state index contributed by atoms with van der Waals surface area (Å²) in [5.74, 6) is 1.09. The van der Waals surface area contributed by atoms with Crippen molar-refractivity contribution in [2.75, 3.05) is 10.6 Å². The Morgan fingerprint density at radius 2 is 1.44 bits per heavy atom. The smallest absolute Gasteiger partial charge is 0.231 e. The van der Waals surface area contributed by atoms with Crippen LogP contribution < -0.4 is 10.6 Å². The summed E-state index contributed by atoms with van der Waals surface area (Å²) in [4.78, 5) is 17.9. The van der Waals surface area contributed by atoms with Crippen LogP contribution in [0.25, 0.3) is 11.2 Å². The number of aromatic nitrogens is 4. The molecule has 0 atom stereocenters. The molecule has 0 aliphatic rings. The molecule has 0 fully saturated rings. The van der Waals surface area contributed by atoms with Gasteiger partial charge in [0.2, 0.25) is 5.95 Å². The molecule has 0 aliphatic carbocycles. The summed E-state index contributed by atoms with van der Waals surface area (Å²) in [5.41, 5.74) is 6.68. The molecule has 6 heteroatoms. The van der Waals surface area contributed by atoms with Gasteiger partial charge < -0.3 is 10.6 Å². The average molecular weight is 356 g/mol. The summed E-state index contributed by atoms with van der Waals surface area (Å²) < 4.78 is 0. The lowest BCUT2D eigenvalue weighted by Crippen LogP contribution is -2.04. The van der Waals surface area contributed by atoms with E-state index in [2.05, 4.69) is 63.5 Å². The monoisotopic (exact) mass is 356 g/mol. The van der Waals surface area contributed by atoms with Crippen molar-refractivity contribution in [1.82, 2.24) is 19.9 Å². The second-order valence-corrected chi connectivity index (χ2v) is 6.54. The number of rotatable bonds is 4. The molecule has 134 valence electrons. The molecule has 0 aliphatic heterocycles. The number of nitrogens with zero attached hydrogens (tertiary/aromatic N) is 4. The number of anilines is 4. The summed E-state index contributed by atoms with van der Waals surface area (Å²) in [6.07, 6.45) is 3.27. The van der Waals surface area contributed by atoms with E-state index in [4.69, 9.17) is 0 Å². The maximum absolute atomic E-state index is 4.63. The molecular formula is C21H20N6. The molecule has 0 unspecified atom stereocenters. The van der Waals surface area contributed by atoms with E-state index in [0.29, 0.717) is 22.9 Å². The zero-order chi connectivity index (χ0) is 18.8. The fourth-order valence-electron chi connectivity index (χ4n) is 2.73.